The number of nitrogens with one attached hydrogen (secondary N) is 1. The number of hydrogen-bond donors (Lipinski definition) is 1. The van der Waals surface area contributed by atoms with Gasteiger partial charge in [0, 0.05) is 20.0 Å². The number of imidazole rings is 1. The maximum absolute atomic E-state index is 5.99. The van der Waals surface area contributed by atoms with Crippen LogP contribution < -0.4 is 5.32 Å². The lowest BCUT2D eigenvalue weighted by molar-refractivity contribution is 0.693. The van der Waals surface area contributed by atoms with Gasteiger partial charge in [0.05, 0.1) is 5.69 Å². The van der Waals surface area contributed by atoms with Gasteiger partial charge in [0.1, 0.15) is 5.82 Å². The van der Waals surface area contributed by atoms with Crippen molar-refractivity contribution in [1.29, 1.82) is 0 Å². The van der Waals surface area contributed by atoms with Gasteiger partial charge in [-0.3, -0.25) is 0 Å². The summed E-state index contributed by atoms with van der Waals surface area (Å²) in [5, 5.41) is 3.70. The van der Waals surface area contributed by atoms with Crippen molar-refractivity contribution >= 4 is 11.6 Å². The predicted octanol–water partition coefficient (Wildman–Crippen LogP) is 1.75. The zero-order valence-corrected chi connectivity index (χ0v) is 9.15. The zero-order valence-electron chi connectivity index (χ0n) is 8.39. The summed E-state index contributed by atoms with van der Waals surface area (Å²) >= 11 is 5.99. The van der Waals surface area contributed by atoms with Crippen LogP contribution in [0.3, 0.4) is 0 Å². The molecule has 1 aromatic heterocycles. The Morgan fingerprint density at radius 3 is 2.77 bits per heavy atom. The molecule has 0 bridgehead atoms. The molecule has 0 spiro atoms. The number of halogens is 1. The second kappa shape index (κ2) is 4.63. The molecular weight excluding hydrogens is 186 g/mol. The minimum absolute atomic E-state index is 0.625. The molecule has 0 aliphatic heterocycles. The minimum Gasteiger partial charge on any atom is -0.333 e. The van der Waals surface area contributed by atoms with Crippen LogP contribution in [0.1, 0.15) is 24.9 Å². The van der Waals surface area contributed by atoms with E-state index in [1.165, 1.54) is 0 Å². The highest BCUT2D eigenvalue weighted by Crippen LogP contribution is 2.16. The van der Waals surface area contributed by atoms with Crippen LogP contribution in [0.5, 0.6) is 0 Å². The van der Waals surface area contributed by atoms with Crippen LogP contribution in [0.2, 0.25) is 5.15 Å². The van der Waals surface area contributed by atoms with Gasteiger partial charge in [-0.15, -0.1) is 0 Å². The first-order valence-corrected chi connectivity index (χ1v) is 4.93. The quantitative estimate of drug-likeness (QED) is 0.805. The Kier molecular flexibility index (Phi) is 3.75. The van der Waals surface area contributed by atoms with E-state index in [4.69, 9.17) is 11.6 Å². The topological polar surface area (TPSA) is 29.9 Å². The number of aryl methyl sites for hydroxylation is 1. The highest BCUT2D eigenvalue weighted by Gasteiger charge is 2.10. The van der Waals surface area contributed by atoms with E-state index in [-0.39, 0.29) is 0 Å². The van der Waals surface area contributed by atoms with Crippen molar-refractivity contribution in [2.45, 2.75) is 26.3 Å². The molecule has 0 aromatic carbocycles. The van der Waals surface area contributed by atoms with Crippen molar-refractivity contribution < 1.29 is 0 Å². The molecule has 0 unspecified atom stereocenters. The summed E-state index contributed by atoms with van der Waals surface area (Å²) in [4.78, 5) is 4.31. The molecule has 0 fully saturated rings. The van der Waals surface area contributed by atoms with Gasteiger partial charge in [0.2, 0.25) is 0 Å². The number of hydrogen-bond acceptors (Lipinski definition) is 2. The fraction of sp³-hybridized carbons (Fsp3) is 0.667. The second-order valence-electron chi connectivity index (χ2n) is 3.10. The van der Waals surface area contributed by atoms with Crippen LogP contribution >= 0.6 is 11.6 Å². The van der Waals surface area contributed by atoms with Crippen LogP contribution in [0.25, 0.3) is 0 Å². The summed E-state index contributed by atoms with van der Waals surface area (Å²) in [7, 11) is 3.92. The van der Waals surface area contributed by atoms with Gasteiger partial charge in [-0.1, -0.05) is 18.5 Å². The Bertz CT molecular complexity index is 281. The summed E-state index contributed by atoms with van der Waals surface area (Å²) < 4.78 is 2.07. The minimum atomic E-state index is 0.625. The van der Waals surface area contributed by atoms with E-state index in [0.717, 1.165) is 30.9 Å². The molecule has 0 atom stereocenters. The van der Waals surface area contributed by atoms with Crippen molar-refractivity contribution in [3.05, 3.63) is 16.7 Å². The van der Waals surface area contributed by atoms with E-state index in [0.29, 0.717) is 5.15 Å². The number of rotatable bonds is 4. The van der Waals surface area contributed by atoms with Crippen molar-refractivity contribution in [3.63, 3.8) is 0 Å². The first-order valence-electron chi connectivity index (χ1n) is 4.55. The first kappa shape index (κ1) is 10.5. The molecule has 1 rings (SSSR count). The predicted molar refractivity (Wildman–Crippen MR) is 55.0 cm³/mol. The molecule has 0 saturated carbocycles. The molecular formula is C9H16ClN3. The molecule has 1 heterocycles. The van der Waals surface area contributed by atoms with Gasteiger partial charge in [0.25, 0.3) is 0 Å². The van der Waals surface area contributed by atoms with Crippen LogP contribution in [0.4, 0.5) is 0 Å². The molecule has 74 valence electrons. The molecule has 1 aromatic rings. The molecule has 3 nitrogen and oxygen atoms in total. The monoisotopic (exact) mass is 201 g/mol. The van der Waals surface area contributed by atoms with E-state index in [9.17, 15) is 0 Å². The van der Waals surface area contributed by atoms with Gasteiger partial charge >= 0.3 is 0 Å². The summed E-state index contributed by atoms with van der Waals surface area (Å²) in [5.41, 5.74) is 1.06. The Morgan fingerprint density at radius 1 is 1.54 bits per heavy atom. The van der Waals surface area contributed by atoms with Gasteiger partial charge in [-0.25, -0.2) is 4.98 Å². The van der Waals surface area contributed by atoms with Gasteiger partial charge in [0.15, 0.2) is 5.15 Å². The standard InChI is InChI=1S/C9H16ClN3/c1-4-5-8-12-9(10)7(6-11-2)13(8)3/h11H,4-6H2,1-3H3. The molecule has 1 N–H and O–H groups in total. The average Bonchev–Trinajstić information content (AvgIpc) is 2.34. The lowest BCUT2D eigenvalue weighted by Crippen LogP contribution is -2.10. The maximum atomic E-state index is 5.99. The van der Waals surface area contributed by atoms with Crippen LogP contribution in [0.15, 0.2) is 0 Å². The smallest absolute Gasteiger partial charge is 0.151 e. The highest BCUT2D eigenvalue weighted by molar-refractivity contribution is 6.30. The highest BCUT2D eigenvalue weighted by atomic mass is 35.5. The zero-order chi connectivity index (χ0) is 9.84. The van der Waals surface area contributed by atoms with Crippen molar-refractivity contribution in [1.82, 2.24) is 14.9 Å². The lowest BCUT2D eigenvalue weighted by Gasteiger charge is -2.04. The summed E-state index contributed by atoms with van der Waals surface area (Å²) in [6.45, 7) is 2.91. The van der Waals surface area contributed by atoms with E-state index in [1.807, 2.05) is 14.1 Å². The summed E-state index contributed by atoms with van der Waals surface area (Å²) in [5.74, 6) is 1.07. The molecule has 13 heavy (non-hydrogen) atoms. The van der Waals surface area contributed by atoms with Gasteiger partial charge in [-0.05, 0) is 13.5 Å². The van der Waals surface area contributed by atoms with E-state index >= 15 is 0 Å². The lowest BCUT2D eigenvalue weighted by atomic mass is 10.3. The first-order chi connectivity index (χ1) is 6.20. The summed E-state index contributed by atoms with van der Waals surface area (Å²) in [6, 6.07) is 0. The molecule has 4 heteroatoms. The molecule has 0 aliphatic carbocycles. The van der Waals surface area contributed by atoms with E-state index in [1.54, 1.807) is 0 Å². The third-order valence-electron chi connectivity index (χ3n) is 2.08. The third-order valence-corrected chi connectivity index (χ3v) is 2.38. The SMILES string of the molecule is CCCc1nc(Cl)c(CNC)n1C. The third kappa shape index (κ3) is 2.23. The van der Waals surface area contributed by atoms with E-state index < -0.39 is 0 Å². The normalized spacial score (nSPS) is 10.8. The maximum Gasteiger partial charge on any atom is 0.151 e. The Hall–Kier alpha value is -0.540. The van der Waals surface area contributed by atoms with Crippen LogP contribution in [-0.2, 0) is 20.0 Å². The molecule has 0 aliphatic rings. The summed E-state index contributed by atoms with van der Waals surface area (Å²) in [6.07, 6.45) is 2.08. The molecule has 0 amide bonds. The van der Waals surface area contributed by atoms with E-state index in [2.05, 4.69) is 21.8 Å². The van der Waals surface area contributed by atoms with Crippen LogP contribution in [-0.4, -0.2) is 16.6 Å². The van der Waals surface area contributed by atoms with Gasteiger partial charge < -0.3 is 9.88 Å². The Morgan fingerprint density at radius 2 is 2.23 bits per heavy atom. The average molecular weight is 202 g/mol. The van der Waals surface area contributed by atoms with Gasteiger partial charge in [-0.2, -0.15) is 0 Å². The second-order valence-corrected chi connectivity index (χ2v) is 3.46. The van der Waals surface area contributed by atoms with Crippen LogP contribution in [0, 0.1) is 0 Å². The fourth-order valence-corrected chi connectivity index (χ4v) is 1.64. The van der Waals surface area contributed by atoms with Crippen molar-refractivity contribution in [2.24, 2.45) is 7.05 Å². The Labute approximate surface area is 84.1 Å². The number of nitrogens with zero attached hydrogens (tertiary/aromatic N) is 2. The van der Waals surface area contributed by atoms with Crippen molar-refractivity contribution in [3.8, 4) is 0 Å². The Balaban J connectivity index is 2.92. The number of aromatic nitrogens is 2. The molecule has 0 saturated heterocycles. The molecule has 0 radical (unpaired) electrons. The van der Waals surface area contributed by atoms with Crippen molar-refractivity contribution in [2.75, 3.05) is 7.05 Å². The largest absolute Gasteiger partial charge is 0.333 e. The fourth-order valence-electron chi connectivity index (χ4n) is 1.35.